The Kier molecular flexibility index (Phi) is 5.65. The molecular formula is C27H25FN4O. The SMILES string of the molecule is Cc1ccc(Nc2c(-c3ccc(F)cc3)nc3n2CCN(C(=O)Cc2ccccc2)C3)cc1. The van der Waals surface area contributed by atoms with Gasteiger partial charge in [0.25, 0.3) is 0 Å². The van der Waals surface area contributed by atoms with Crippen molar-refractivity contribution in [2.24, 2.45) is 0 Å². The first-order valence-electron chi connectivity index (χ1n) is 11.1. The summed E-state index contributed by atoms with van der Waals surface area (Å²) in [5, 5.41) is 3.51. The third-order valence-electron chi connectivity index (χ3n) is 5.96. The molecule has 1 aliphatic heterocycles. The van der Waals surface area contributed by atoms with Crippen molar-refractivity contribution < 1.29 is 9.18 Å². The Morgan fingerprint density at radius 2 is 1.70 bits per heavy atom. The van der Waals surface area contributed by atoms with Gasteiger partial charge in [0.15, 0.2) is 0 Å². The normalized spacial score (nSPS) is 13.0. The van der Waals surface area contributed by atoms with E-state index >= 15 is 0 Å². The first-order chi connectivity index (χ1) is 16.1. The van der Waals surface area contributed by atoms with Crippen LogP contribution in [0.15, 0.2) is 78.9 Å². The van der Waals surface area contributed by atoms with Gasteiger partial charge in [-0.1, -0.05) is 48.0 Å². The lowest BCUT2D eigenvalue weighted by atomic mass is 10.1. The molecule has 2 heterocycles. The molecule has 0 saturated heterocycles. The zero-order chi connectivity index (χ0) is 22.8. The predicted octanol–water partition coefficient (Wildman–Crippen LogP) is 5.33. The van der Waals surface area contributed by atoms with E-state index in [1.165, 1.54) is 17.7 Å². The van der Waals surface area contributed by atoms with Crippen LogP contribution in [-0.4, -0.2) is 26.9 Å². The number of hydrogen-bond acceptors (Lipinski definition) is 3. The average molecular weight is 441 g/mol. The molecule has 0 spiro atoms. The molecule has 1 aliphatic rings. The van der Waals surface area contributed by atoms with Crippen molar-refractivity contribution in [3.05, 3.63) is 102 Å². The van der Waals surface area contributed by atoms with E-state index in [9.17, 15) is 9.18 Å². The van der Waals surface area contributed by atoms with E-state index in [1.54, 1.807) is 12.1 Å². The molecule has 6 heteroatoms. The predicted molar refractivity (Wildman–Crippen MR) is 128 cm³/mol. The highest BCUT2D eigenvalue weighted by molar-refractivity contribution is 5.80. The molecule has 33 heavy (non-hydrogen) atoms. The molecule has 0 aliphatic carbocycles. The molecule has 0 saturated carbocycles. The maximum Gasteiger partial charge on any atom is 0.227 e. The first kappa shape index (κ1) is 20.9. The minimum atomic E-state index is -0.284. The summed E-state index contributed by atoms with van der Waals surface area (Å²) >= 11 is 0. The van der Waals surface area contributed by atoms with Crippen LogP contribution < -0.4 is 5.32 Å². The van der Waals surface area contributed by atoms with Gasteiger partial charge < -0.3 is 14.8 Å². The second-order valence-corrected chi connectivity index (χ2v) is 8.35. The number of carbonyl (C=O) groups is 1. The van der Waals surface area contributed by atoms with E-state index in [2.05, 4.69) is 28.9 Å². The molecule has 0 fully saturated rings. The summed E-state index contributed by atoms with van der Waals surface area (Å²) in [6.07, 6.45) is 0.376. The summed E-state index contributed by atoms with van der Waals surface area (Å²) in [6.45, 7) is 3.74. The zero-order valence-corrected chi connectivity index (χ0v) is 18.5. The van der Waals surface area contributed by atoms with Crippen molar-refractivity contribution in [3.63, 3.8) is 0 Å². The standard InChI is InChI=1S/C27H25FN4O/c1-19-7-13-23(14-8-19)29-27-26(21-9-11-22(28)12-10-21)30-24-18-31(15-16-32(24)27)25(33)17-20-5-3-2-4-6-20/h2-14,29H,15-18H2,1H3. The molecule has 0 unspecified atom stereocenters. The Bertz CT molecular complexity index is 1260. The highest BCUT2D eigenvalue weighted by Gasteiger charge is 2.27. The number of rotatable bonds is 5. The van der Waals surface area contributed by atoms with Crippen molar-refractivity contribution >= 4 is 17.4 Å². The number of carbonyl (C=O) groups excluding carboxylic acids is 1. The van der Waals surface area contributed by atoms with Crippen molar-refractivity contribution in [1.82, 2.24) is 14.5 Å². The molecule has 3 aromatic carbocycles. The Hall–Kier alpha value is -3.93. The quantitative estimate of drug-likeness (QED) is 0.457. The van der Waals surface area contributed by atoms with Crippen LogP contribution in [0.5, 0.6) is 0 Å². The lowest BCUT2D eigenvalue weighted by molar-refractivity contribution is -0.132. The summed E-state index contributed by atoms with van der Waals surface area (Å²) < 4.78 is 15.7. The molecule has 5 rings (SSSR count). The Balaban J connectivity index is 1.46. The molecule has 5 nitrogen and oxygen atoms in total. The van der Waals surface area contributed by atoms with Gasteiger partial charge in [0.2, 0.25) is 5.91 Å². The Labute approximate surface area is 192 Å². The van der Waals surface area contributed by atoms with E-state index < -0.39 is 0 Å². The summed E-state index contributed by atoms with van der Waals surface area (Å²) in [5.41, 5.74) is 4.72. The number of amides is 1. The lowest BCUT2D eigenvalue weighted by Crippen LogP contribution is -2.39. The molecular weight excluding hydrogens is 415 g/mol. The van der Waals surface area contributed by atoms with Crippen LogP contribution in [0.3, 0.4) is 0 Å². The number of aromatic nitrogens is 2. The number of nitrogens with one attached hydrogen (secondary N) is 1. The summed E-state index contributed by atoms with van der Waals surface area (Å²) in [7, 11) is 0. The second-order valence-electron chi connectivity index (χ2n) is 8.35. The highest BCUT2D eigenvalue weighted by atomic mass is 19.1. The van der Waals surface area contributed by atoms with Crippen LogP contribution in [0.2, 0.25) is 0 Å². The van der Waals surface area contributed by atoms with Crippen LogP contribution in [0.25, 0.3) is 11.3 Å². The number of imidazole rings is 1. The molecule has 1 N–H and O–H groups in total. The number of halogens is 1. The van der Waals surface area contributed by atoms with Gasteiger partial charge in [-0.3, -0.25) is 4.79 Å². The van der Waals surface area contributed by atoms with Gasteiger partial charge in [-0.2, -0.15) is 0 Å². The maximum absolute atomic E-state index is 13.5. The largest absolute Gasteiger partial charge is 0.340 e. The molecule has 1 amide bonds. The maximum atomic E-state index is 13.5. The number of fused-ring (bicyclic) bond motifs is 1. The minimum absolute atomic E-state index is 0.0897. The number of nitrogens with zero attached hydrogens (tertiary/aromatic N) is 3. The Morgan fingerprint density at radius 3 is 2.42 bits per heavy atom. The van der Waals surface area contributed by atoms with Gasteiger partial charge in [-0.05, 0) is 48.9 Å². The van der Waals surface area contributed by atoms with Crippen molar-refractivity contribution in [2.75, 3.05) is 11.9 Å². The van der Waals surface area contributed by atoms with E-state index in [1.807, 2.05) is 47.4 Å². The number of hydrogen-bond donors (Lipinski definition) is 1. The van der Waals surface area contributed by atoms with Gasteiger partial charge in [0.1, 0.15) is 23.2 Å². The van der Waals surface area contributed by atoms with E-state index in [0.717, 1.165) is 34.2 Å². The topological polar surface area (TPSA) is 50.2 Å². The first-order valence-corrected chi connectivity index (χ1v) is 11.1. The average Bonchev–Trinajstić information content (AvgIpc) is 3.19. The zero-order valence-electron chi connectivity index (χ0n) is 18.5. The van der Waals surface area contributed by atoms with Gasteiger partial charge in [-0.15, -0.1) is 0 Å². The molecule has 166 valence electrons. The van der Waals surface area contributed by atoms with Crippen molar-refractivity contribution in [3.8, 4) is 11.3 Å². The third kappa shape index (κ3) is 4.51. The van der Waals surface area contributed by atoms with Crippen LogP contribution in [0.4, 0.5) is 15.9 Å². The Morgan fingerprint density at radius 1 is 0.970 bits per heavy atom. The lowest BCUT2D eigenvalue weighted by Gasteiger charge is -2.28. The van der Waals surface area contributed by atoms with E-state index in [0.29, 0.717) is 26.1 Å². The van der Waals surface area contributed by atoms with Crippen molar-refractivity contribution in [2.45, 2.75) is 26.4 Å². The molecule has 1 aromatic heterocycles. The minimum Gasteiger partial charge on any atom is -0.340 e. The molecule has 4 aromatic rings. The molecule has 0 bridgehead atoms. The van der Waals surface area contributed by atoms with Crippen LogP contribution in [0.1, 0.15) is 17.0 Å². The highest BCUT2D eigenvalue weighted by Crippen LogP contribution is 2.33. The van der Waals surface area contributed by atoms with Gasteiger partial charge >= 0.3 is 0 Å². The fourth-order valence-corrected chi connectivity index (χ4v) is 4.14. The molecule has 0 radical (unpaired) electrons. The fourth-order valence-electron chi connectivity index (χ4n) is 4.14. The summed E-state index contributed by atoms with van der Waals surface area (Å²) in [5.74, 6) is 1.48. The third-order valence-corrected chi connectivity index (χ3v) is 5.96. The van der Waals surface area contributed by atoms with Gasteiger partial charge in [-0.25, -0.2) is 9.37 Å². The monoisotopic (exact) mass is 440 g/mol. The molecule has 0 atom stereocenters. The van der Waals surface area contributed by atoms with Gasteiger partial charge in [0.05, 0.1) is 13.0 Å². The summed E-state index contributed by atoms with van der Waals surface area (Å²) in [4.78, 5) is 19.7. The van der Waals surface area contributed by atoms with E-state index in [4.69, 9.17) is 4.98 Å². The van der Waals surface area contributed by atoms with Crippen LogP contribution in [-0.2, 0) is 24.3 Å². The summed E-state index contributed by atoms with van der Waals surface area (Å²) in [6, 6.07) is 24.3. The smallest absolute Gasteiger partial charge is 0.227 e. The van der Waals surface area contributed by atoms with Crippen LogP contribution >= 0.6 is 0 Å². The number of aryl methyl sites for hydroxylation is 1. The second kappa shape index (κ2) is 8.90. The van der Waals surface area contributed by atoms with Crippen LogP contribution in [0, 0.1) is 12.7 Å². The van der Waals surface area contributed by atoms with Gasteiger partial charge in [0, 0.05) is 24.3 Å². The fraction of sp³-hybridized carbons (Fsp3) is 0.185. The number of anilines is 2. The number of benzene rings is 3. The van der Waals surface area contributed by atoms with Crippen molar-refractivity contribution in [1.29, 1.82) is 0 Å². The van der Waals surface area contributed by atoms with E-state index in [-0.39, 0.29) is 11.7 Å².